The molecular formula is C10H14N2S. The molecule has 3 heteroatoms. The average Bonchev–Trinajstić information content (AvgIpc) is 2.57. The first-order valence-electron chi connectivity index (χ1n) is 4.64. The Hall–Kier alpha value is -0.540. The van der Waals surface area contributed by atoms with Gasteiger partial charge in [-0.05, 0) is 37.6 Å². The van der Waals surface area contributed by atoms with Crippen LogP contribution in [0.2, 0.25) is 0 Å². The van der Waals surface area contributed by atoms with E-state index in [9.17, 15) is 0 Å². The molecule has 0 spiro atoms. The molecular weight excluding hydrogens is 180 g/mol. The number of thioether (sulfide) groups is 1. The standard InChI is InChI=1S/C10H14N2S/c1-8-2-5-12-10(6-8)13-9-3-4-11-7-9/h2,5-6,9,11H,3-4,7H2,1H3/t9-/m1/s1. The number of rotatable bonds is 2. The molecule has 1 fully saturated rings. The Balaban J connectivity index is 2.00. The topological polar surface area (TPSA) is 24.9 Å². The number of hydrogen-bond donors (Lipinski definition) is 1. The first-order chi connectivity index (χ1) is 6.34. The van der Waals surface area contributed by atoms with Crippen molar-refractivity contribution >= 4 is 11.8 Å². The quantitative estimate of drug-likeness (QED) is 0.777. The molecule has 1 saturated heterocycles. The van der Waals surface area contributed by atoms with Gasteiger partial charge in [-0.3, -0.25) is 0 Å². The smallest absolute Gasteiger partial charge is 0.0965 e. The van der Waals surface area contributed by atoms with E-state index in [-0.39, 0.29) is 0 Å². The summed E-state index contributed by atoms with van der Waals surface area (Å²) in [6, 6.07) is 4.19. The molecule has 1 aromatic rings. The summed E-state index contributed by atoms with van der Waals surface area (Å²) in [5.74, 6) is 0. The minimum Gasteiger partial charge on any atom is -0.316 e. The molecule has 1 atom stereocenters. The molecule has 2 rings (SSSR count). The van der Waals surface area contributed by atoms with Crippen LogP contribution in [0.25, 0.3) is 0 Å². The van der Waals surface area contributed by atoms with Crippen molar-refractivity contribution in [3.05, 3.63) is 23.9 Å². The first-order valence-corrected chi connectivity index (χ1v) is 5.52. The summed E-state index contributed by atoms with van der Waals surface area (Å²) in [5, 5.41) is 5.24. The van der Waals surface area contributed by atoms with E-state index in [4.69, 9.17) is 0 Å². The molecule has 1 aliphatic rings. The Morgan fingerprint density at radius 2 is 2.54 bits per heavy atom. The lowest BCUT2D eigenvalue weighted by molar-refractivity contribution is 0.858. The second-order valence-corrected chi connectivity index (χ2v) is 4.72. The van der Waals surface area contributed by atoms with Crippen LogP contribution in [0.3, 0.4) is 0 Å². The van der Waals surface area contributed by atoms with Crippen molar-refractivity contribution < 1.29 is 0 Å². The van der Waals surface area contributed by atoms with Gasteiger partial charge in [0.1, 0.15) is 0 Å². The Morgan fingerprint density at radius 1 is 1.62 bits per heavy atom. The molecule has 0 saturated carbocycles. The molecule has 0 bridgehead atoms. The van der Waals surface area contributed by atoms with Crippen LogP contribution in [0, 0.1) is 6.92 Å². The third-order valence-corrected chi connectivity index (χ3v) is 3.39. The molecule has 1 aromatic heterocycles. The maximum absolute atomic E-state index is 4.34. The van der Waals surface area contributed by atoms with E-state index in [1.165, 1.54) is 12.0 Å². The molecule has 0 unspecified atom stereocenters. The molecule has 0 radical (unpaired) electrons. The van der Waals surface area contributed by atoms with Crippen molar-refractivity contribution in [2.45, 2.75) is 23.6 Å². The maximum atomic E-state index is 4.34. The summed E-state index contributed by atoms with van der Waals surface area (Å²) in [4.78, 5) is 4.34. The minimum atomic E-state index is 0.717. The van der Waals surface area contributed by atoms with Crippen molar-refractivity contribution in [2.75, 3.05) is 13.1 Å². The second-order valence-electron chi connectivity index (χ2n) is 3.40. The fraction of sp³-hybridized carbons (Fsp3) is 0.500. The fourth-order valence-electron chi connectivity index (χ4n) is 1.47. The zero-order chi connectivity index (χ0) is 9.10. The van der Waals surface area contributed by atoms with Gasteiger partial charge in [-0.15, -0.1) is 11.8 Å². The van der Waals surface area contributed by atoms with Crippen LogP contribution in [0.15, 0.2) is 23.4 Å². The minimum absolute atomic E-state index is 0.717. The van der Waals surface area contributed by atoms with Gasteiger partial charge < -0.3 is 5.32 Å². The summed E-state index contributed by atoms with van der Waals surface area (Å²) in [6.07, 6.45) is 3.15. The lowest BCUT2D eigenvalue weighted by Gasteiger charge is -2.06. The van der Waals surface area contributed by atoms with E-state index in [0.29, 0.717) is 5.25 Å². The Labute approximate surface area is 83.1 Å². The van der Waals surface area contributed by atoms with E-state index < -0.39 is 0 Å². The van der Waals surface area contributed by atoms with Crippen LogP contribution in [-0.4, -0.2) is 23.3 Å². The van der Waals surface area contributed by atoms with Gasteiger partial charge in [0.15, 0.2) is 0 Å². The predicted octanol–water partition coefficient (Wildman–Crippen LogP) is 1.84. The van der Waals surface area contributed by atoms with Gasteiger partial charge in [0.05, 0.1) is 5.03 Å². The van der Waals surface area contributed by atoms with E-state index in [2.05, 4.69) is 23.3 Å². The normalized spacial score (nSPS) is 22.1. The van der Waals surface area contributed by atoms with Gasteiger partial charge >= 0.3 is 0 Å². The molecule has 1 N–H and O–H groups in total. The summed E-state index contributed by atoms with van der Waals surface area (Å²) in [5.41, 5.74) is 1.29. The molecule has 13 heavy (non-hydrogen) atoms. The van der Waals surface area contributed by atoms with Gasteiger partial charge in [0.25, 0.3) is 0 Å². The highest BCUT2D eigenvalue weighted by Crippen LogP contribution is 2.25. The van der Waals surface area contributed by atoms with Crippen molar-refractivity contribution in [3.63, 3.8) is 0 Å². The van der Waals surface area contributed by atoms with Crippen molar-refractivity contribution in [1.29, 1.82) is 0 Å². The van der Waals surface area contributed by atoms with Crippen molar-refractivity contribution in [3.8, 4) is 0 Å². The first kappa shape index (κ1) is 9.03. The number of nitrogens with one attached hydrogen (secondary N) is 1. The molecule has 2 heterocycles. The monoisotopic (exact) mass is 194 g/mol. The van der Waals surface area contributed by atoms with Gasteiger partial charge in [-0.2, -0.15) is 0 Å². The molecule has 70 valence electrons. The maximum Gasteiger partial charge on any atom is 0.0965 e. The molecule has 1 aliphatic heterocycles. The third kappa shape index (κ3) is 2.45. The van der Waals surface area contributed by atoms with E-state index in [1.54, 1.807) is 0 Å². The number of aryl methyl sites for hydroxylation is 1. The third-order valence-electron chi connectivity index (χ3n) is 2.19. The van der Waals surface area contributed by atoms with Crippen LogP contribution in [-0.2, 0) is 0 Å². The van der Waals surface area contributed by atoms with E-state index in [0.717, 1.165) is 18.1 Å². The zero-order valence-corrected chi connectivity index (χ0v) is 8.60. The van der Waals surface area contributed by atoms with Crippen LogP contribution >= 0.6 is 11.8 Å². The van der Waals surface area contributed by atoms with Crippen LogP contribution in [0.5, 0.6) is 0 Å². The highest BCUT2D eigenvalue weighted by Gasteiger charge is 2.15. The molecule has 0 amide bonds. The van der Waals surface area contributed by atoms with Crippen LogP contribution < -0.4 is 5.32 Å². The highest BCUT2D eigenvalue weighted by molar-refractivity contribution is 7.99. The lowest BCUT2D eigenvalue weighted by Crippen LogP contribution is -2.10. The SMILES string of the molecule is Cc1ccnc(S[C@@H]2CCNC2)c1. The average molecular weight is 194 g/mol. The van der Waals surface area contributed by atoms with Crippen molar-refractivity contribution in [1.82, 2.24) is 10.3 Å². The zero-order valence-electron chi connectivity index (χ0n) is 7.79. The number of nitrogens with zero attached hydrogens (tertiary/aromatic N) is 1. The van der Waals surface area contributed by atoms with E-state index >= 15 is 0 Å². The lowest BCUT2D eigenvalue weighted by atomic mass is 10.3. The second kappa shape index (κ2) is 4.11. The predicted molar refractivity (Wildman–Crippen MR) is 56.1 cm³/mol. The summed E-state index contributed by atoms with van der Waals surface area (Å²) >= 11 is 1.89. The molecule has 0 aliphatic carbocycles. The molecule has 0 aromatic carbocycles. The Kier molecular flexibility index (Phi) is 2.86. The van der Waals surface area contributed by atoms with Gasteiger partial charge in [0.2, 0.25) is 0 Å². The van der Waals surface area contributed by atoms with Gasteiger partial charge in [-0.25, -0.2) is 4.98 Å². The fourth-order valence-corrected chi connectivity index (χ4v) is 2.63. The summed E-state index contributed by atoms with van der Waals surface area (Å²) in [6.45, 7) is 4.39. The van der Waals surface area contributed by atoms with Crippen LogP contribution in [0.1, 0.15) is 12.0 Å². The summed E-state index contributed by atoms with van der Waals surface area (Å²) < 4.78 is 0. The number of pyridine rings is 1. The Morgan fingerprint density at radius 3 is 3.23 bits per heavy atom. The number of hydrogen-bond acceptors (Lipinski definition) is 3. The summed E-state index contributed by atoms with van der Waals surface area (Å²) in [7, 11) is 0. The number of aromatic nitrogens is 1. The van der Waals surface area contributed by atoms with Gasteiger partial charge in [-0.1, -0.05) is 0 Å². The van der Waals surface area contributed by atoms with Gasteiger partial charge in [0, 0.05) is 18.0 Å². The Bertz CT molecular complexity index is 282. The molecule has 2 nitrogen and oxygen atoms in total. The largest absolute Gasteiger partial charge is 0.316 e. The highest BCUT2D eigenvalue weighted by atomic mass is 32.2. The van der Waals surface area contributed by atoms with Crippen molar-refractivity contribution in [2.24, 2.45) is 0 Å². The van der Waals surface area contributed by atoms with Crippen LogP contribution in [0.4, 0.5) is 0 Å². The van der Waals surface area contributed by atoms with E-state index in [1.807, 2.05) is 24.0 Å².